The lowest BCUT2D eigenvalue weighted by atomic mass is 10.1. The molecular formula is C8H7NO5. The molecule has 0 aliphatic heterocycles. The third-order valence-corrected chi connectivity index (χ3v) is 1.63. The number of carbonyl (C=O) groups is 1. The van der Waals surface area contributed by atoms with E-state index in [4.69, 9.17) is 10.2 Å². The van der Waals surface area contributed by atoms with Crippen LogP contribution in [-0.2, 0) is 6.54 Å². The van der Waals surface area contributed by atoms with Crippen LogP contribution in [-0.4, -0.2) is 21.1 Å². The van der Waals surface area contributed by atoms with E-state index in [1.807, 2.05) is 0 Å². The normalized spacial score (nSPS) is 9.71. The van der Waals surface area contributed by atoms with Crippen LogP contribution in [0, 0.1) is 10.1 Å². The van der Waals surface area contributed by atoms with Crippen molar-refractivity contribution < 1.29 is 19.9 Å². The zero-order chi connectivity index (χ0) is 10.7. The van der Waals surface area contributed by atoms with Gasteiger partial charge in [-0.05, 0) is 18.2 Å². The predicted octanol–water partition coefficient (Wildman–Crippen LogP) is 0.867. The van der Waals surface area contributed by atoms with E-state index < -0.39 is 17.4 Å². The van der Waals surface area contributed by atoms with Gasteiger partial charge in [-0.3, -0.25) is 10.1 Å². The highest BCUT2D eigenvalue weighted by Gasteiger charge is 2.11. The number of aromatic hydroxyl groups is 1. The molecule has 0 atom stereocenters. The van der Waals surface area contributed by atoms with E-state index >= 15 is 0 Å². The quantitative estimate of drug-likeness (QED) is 0.553. The molecule has 6 nitrogen and oxygen atoms in total. The molecule has 0 spiro atoms. The Morgan fingerprint density at radius 3 is 2.64 bits per heavy atom. The van der Waals surface area contributed by atoms with E-state index in [0.717, 1.165) is 12.1 Å². The fourth-order valence-corrected chi connectivity index (χ4v) is 0.984. The van der Waals surface area contributed by atoms with E-state index in [0.29, 0.717) is 0 Å². The van der Waals surface area contributed by atoms with E-state index in [1.165, 1.54) is 6.07 Å². The summed E-state index contributed by atoms with van der Waals surface area (Å²) in [4.78, 5) is 20.0. The molecule has 0 aromatic heterocycles. The number of hydrogen-bond acceptors (Lipinski definition) is 4. The fraction of sp³-hybridized carbons (Fsp3) is 0.125. The summed E-state index contributed by atoms with van der Waals surface area (Å²) in [6, 6.07) is 3.39. The first-order valence-electron chi connectivity index (χ1n) is 3.67. The molecule has 0 aliphatic rings. The third-order valence-electron chi connectivity index (χ3n) is 1.63. The van der Waals surface area contributed by atoms with Crippen molar-refractivity contribution in [2.75, 3.05) is 0 Å². The molecule has 0 aliphatic carbocycles. The Kier molecular flexibility index (Phi) is 2.66. The van der Waals surface area contributed by atoms with Crippen molar-refractivity contribution in [3.8, 4) is 5.75 Å². The molecule has 74 valence electrons. The Morgan fingerprint density at radius 1 is 1.50 bits per heavy atom. The highest BCUT2D eigenvalue weighted by Crippen LogP contribution is 2.19. The van der Waals surface area contributed by atoms with Gasteiger partial charge in [0, 0.05) is 4.92 Å². The molecule has 1 aromatic carbocycles. The van der Waals surface area contributed by atoms with Crippen molar-refractivity contribution in [3.63, 3.8) is 0 Å². The second kappa shape index (κ2) is 3.73. The van der Waals surface area contributed by atoms with Crippen LogP contribution in [0.1, 0.15) is 15.9 Å². The van der Waals surface area contributed by atoms with Gasteiger partial charge >= 0.3 is 5.97 Å². The van der Waals surface area contributed by atoms with Gasteiger partial charge in [0.2, 0.25) is 6.54 Å². The number of phenolic OH excluding ortho intramolecular Hbond substituents is 1. The van der Waals surface area contributed by atoms with Gasteiger partial charge in [0.25, 0.3) is 0 Å². The number of rotatable bonds is 3. The number of aromatic carboxylic acids is 1. The van der Waals surface area contributed by atoms with Crippen molar-refractivity contribution in [1.82, 2.24) is 0 Å². The van der Waals surface area contributed by atoms with Gasteiger partial charge in [0.15, 0.2) is 0 Å². The van der Waals surface area contributed by atoms with Crippen LogP contribution in [0.25, 0.3) is 0 Å². The molecule has 0 heterocycles. The SMILES string of the molecule is O=C(O)c1ccc(O)c(C[N+](=O)[O-])c1. The molecule has 0 saturated heterocycles. The maximum atomic E-state index is 10.5. The van der Waals surface area contributed by atoms with Gasteiger partial charge in [-0.2, -0.15) is 0 Å². The molecule has 0 radical (unpaired) electrons. The Bertz CT molecular complexity index is 387. The molecule has 6 heteroatoms. The summed E-state index contributed by atoms with van der Waals surface area (Å²) < 4.78 is 0. The number of phenols is 1. The number of nitrogens with zero attached hydrogens (tertiary/aromatic N) is 1. The third kappa shape index (κ3) is 2.19. The number of hydrogen-bond donors (Lipinski definition) is 2. The second-order valence-electron chi connectivity index (χ2n) is 2.64. The highest BCUT2D eigenvalue weighted by atomic mass is 16.6. The largest absolute Gasteiger partial charge is 0.507 e. The van der Waals surface area contributed by atoms with Gasteiger partial charge < -0.3 is 10.2 Å². The highest BCUT2D eigenvalue weighted by molar-refractivity contribution is 5.88. The Labute approximate surface area is 78.6 Å². The minimum Gasteiger partial charge on any atom is -0.507 e. The Morgan fingerprint density at radius 2 is 2.14 bits per heavy atom. The number of benzene rings is 1. The first kappa shape index (κ1) is 9.97. The molecule has 0 unspecified atom stereocenters. The monoisotopic (exact) mass is 197 g/mol. The lowest BCUT2D eigenvalue weighted by molar-refractivity contribution is -0.496. The van der Waals surface area contributed by atoms with E-state index in [2.05, 4.69) is 0 Å². The minimum atomic E-state index is -1.19. The molecular weight excluding hydrogens is 190 g/mol. The summed E-state index contributed by atoms with van der Waals surface area (Å²) in [6.45, 7) is -0.590. The summed E-state index contributed by atoms with van der Waals surface area (Å²) >= 11 is 0. The molecule has 14 heavy (non-hydrogen) atoms. The zero-order valence-electron chi connectivity index (χ0n) is 7.01. The molecule has 0 amide bonds. The molecule has 1 aromatic rings. The first-order valence-corrected chi connectivity index (χ1v) is 3.67. The lowest BCUT2D eigenvalue weighted by Crippen LogP contribution is -2.02. The van der Waals surface area contributed by atoms with E-state index in [9.17, 15) is 14.9 Å². The summed E-state index contributed by atoms with van der Waals surface area (Å²) in [7, 11) is 0. The topological polar surface area (TPSA) is 101 Å². The van der Waals surface area contributed by atoms with Gasteiger partial charge in [-0.1, -0.05) is 0 Å². The Balaban J connectivity index is 3.08. The number of carboxylic acids is 1. The lowest BCUT2D eigenvalue weighted by Gasteiger charge is -2.00. The van der Waals surface area contributed by atoms with Crippen molar-refractivity contribution in [1.29, 1.82) is 0 Å². The molecule has 0 bridgehead atoms. The molecule has 2 N–H and O–H groups in total. The standard InChI is InChI=1S/C8H7NO5/c10-7-2-1-5(8(11)12)3-6(7)4-9(13)14/h1-3,10H,4H2,(H,11,12). The van der Waals surface area contributed by atoms with Gasteiger partial charge in [0.1, 0.15) is 5.75 Å². The van der Waals surface area contributed by atoms with Crippen LogP contribution in [0.2, 0.25) is 0 Å². The van der Waals surface area contributed by atoms with Crippen LogP contribution in [0.3, 0.4) is 0 Å². The van der Waals surface area contributed by atoms with Crippen LogP contribution in [0.4, 0.5) is 0 Å². The summed E-state index contributed by atoms with van der Waals surface area (Å²) in [6.07, 6.45) is 0. The summed E-state index contributed by atoms with van der Waals surface area (Å²) in [5, 5.41) is 27.9. The second-order valence-corrected chi connectivity index (χ2v) is 2.64. The Hall–Kier alpha value is -2.11. The van der Waals surface area contributed by atoms with Crippen molar-refractivity contribution >= 4 is 5.97 Å². The maximum Gasteiger partial charge on any atom is 0.335 e. The average molecular weight is 197 g/mol. The van der Waals surface area contributed by atoms with Crippen LogP contribution >= 0.6 is 0 Å². The molecule has 1 rings (SSSR count). The average Bonchev–Trinajstić information content (AvgIpc) is 2.07. The van der Waals surface area contributed by atoms with Gasteiger partial charge in [-0.15, -0.1) is 0 Å². The summed E-state index contributed by atoms with van der Waals surface area (Å²) in [5.41, 5.74) is -0.0884. The molecule has 0 fully saturated rings. The first-order chi connectivity index (χ1) is 6.50. The van der Waals surface area contributed by atoms with Crippen molar-refractivity contribution in [2.45, 2.75) is 6.54 Å². The van der Waals surface area contributed by atoms with E-state index in [-0.39, 0.29) is 16.9 Å². The summed E-state index contributed by atoms with van der Waals surface area (Å²) in [5.74, 6) is -1.46. The zero-order valence-corrected chi connectivity index (χ0v) is 7.01. The van der Waals surface area contributed by atoms with E-state index in [1.54, 1.807) is 0 Å². The molecule has 0 saturated carbocycles. The van der Waals surface area contributed by atoms with Gasteiger partial charge in [-0.25, -0.2) is 4.79 Å². The smallest absolute Gasteiger partial charge is 0.335 e. The maximum absolute atomic E-state index is 10.5. The predicted molar refractivity (Wildman–Crippen MR) is 45.8 cm³/mol. The van der Waals surface area contributed by atoms with Gasteiger partial charge in [0.05, 0.1) is 11.1 Å². The van der Waals surface area contributed by atoms with Crippen molar-refractivity contribution in [2.24, 2.45) is 0 Å². The fourth-order valence-electron chi connectivity index (χ4n) is 0.984. The van der Waals surface area contributed by atoms with Crippen LogP contribution in [0.15, 0.2) is 18.2 Å². The number of carboxylic acid groups (broad SMARTS) is 1. The van der Waals surface area contributed by atoms with Crippen LogP contribution < -0.4 is 0 Å². The van der Waals surface area contributed by atoms with Crippen LogP contribution in [0.5, 0.6) is 5.75 Å². The number of nitro groups is 1. The minimum absolute atomic E-state index is 0.00472. The van der Waals surface area contributed by atoms with Crippen molar-refractivity contribution in [3.05, 3.63) is 39.4 Å².